The molecule has 2 aromatic rings. The summed E-state index contributed by atoms with van der Waals surface area (Å²) in [5.74, 6) is 0.271. The first-order valence-corrected chi connectivity index (χ1v) is 7.32. The van der Waals surface area contributed by atoms with E-state index in [9.17, 15) is 18.3 Å². The monoisotopic (exact) mass is 327 g/mol. The fraction of sp³-hybridized carbons (Fsp3) is 0.500. The summed E-state index contributed by atoms with van der Waals surface area (Å²) >= 11 is 0. The highest BCUT2D eigenvalue weighted by Gasteiger charge is 2.30. The molecule has 0 aliphatic heterocycles. The Morgan fingerprint density at radius 2 is 1.87 bits per heavy atom. The number of alkyl halides is 3. The van der Waals surface area contributed by atoms with Gasteiger partial charge >= 0.3 is 6.18 Å². The third kappa shape index (κ3) is 4.79. The van der Waals surface area contributed by atoms with E-state index in [1.807, 2.05) is 0 Å². The summed E-state index contributed by atoms with van der Waals surface area (Å²) in [5.41, 5.74) is -0.0684. The average Bonchev–Trinajstić information content (AvgIpc) is 2.93. The number of nitrogens with zero attached hydrogens (tertiary/aromatic N) is 3. The number of aromatic nitrogens is 3. The molecule has 1 N–H and O–H groups in total. The van der Waals surface area contributed by atoms with Crippen LogP contribution in [0.25, 0.3) is 5.82 Å². The van der Waals surface area contributed by atoms with Crippen LogP contribution in [0.3, 0.4) is 0 Å². The van der Waals surface area contributed by atoms with Gasteiger partial charge < -0.3 is 5.11 Å². The van der Waals surface area contributed by atoms with E-state index in [1.54, 1.807) is 6.20 Å². The van der Waals surface area contributed by atoms with E-state index >= 15 is 0 Å². The van der Waals surface area contributed by atoms with Crippen LogP contribution in [0.1, 0.15) is 50.8 Å². The highest BCUT2D eigenvalue weighted by Crippen LogP contribution is 2.29. The van der Waals surface area contributed by atoms with Gasteiger partial charge in [0.2, 0.25) is 0 Å². The van der Waals surface area contributed by atoms with Crippen LogP contribution in [0.5, 0.6) is 0 Å². The highest BCUT2D eigenvalue weighted by atomic mass is 19.4. The number of aliphatic hydroxyl groups excluding tert-OH is 1. The molecular formula is C16H20F3N3O. The van der Waals surface area contributed by atoms with Gasteiger partial charge in [0.15, 0.2) is 5.82 Å². The summed E-state index contributed by atoms with van der Waals surface area (Å²) in [7, 11) is 0. The number of aliphatic hydroxyl groups is 1. The van der Waals surface area contributed by atoms with Crippen LogP contribution in [0, 0.1) is 5.41 Å². The first-order valence-electron chi connectivity index (χ1n) is 7.32. The molecule has 126 valence electrons. The number of halogens is 3. The zero-order chi connectivity index (χ0) is 17.3. The highest BCUT2D eigenvalue weighted by molar-refractivity contribution is 5.27. The largest absolute Gasteiger partial charge is 0.417 e. The van der Waals surface area contributed by atoms with E-state index in [-0.39, 0.29) is 11.2 Å². The second-order valence-electron chi connectivity index (χ2n) is 6.74. The van der Waals surface area contributed by atoms with Crippen molar-refractivity contribution < 1.29 is 18.3 Å². The second-order valence-corrected chi connectivity index (χ2v) is 6.74. The van der Waals surface area contributed by atoms with Gasteiger partial charge in [0.05, 0.1) is 17.9 Å². The lowest BCUT2D eigenvalue weighted by molar-refractivity contribution is -0.137. The Hall–Kier alpha value is -1.89. The molecule has 2 heterocycles. The standard InChI is InChI=1S/C16H20F3N3O/c1-15(2,3)7-6-13(23)11-8-21-22(10-11)14-5-4-12(9-20-14)16(17,18)19/h4-5,8-10,13,23H,6-7H2,1-3H3. The Morgan fingerprint density at radius 1 is 1.17 bits per heavy atom. The van der Waals surface area contributed by atoms with E-state index in [1.165, 1.54) is 16.9 Å². The van der Waals surface area contributed by atoms with Crippen molar-refractivity contribution in [3.63, 3.8) is 0 Å². The van der Waals surface area contributed by atoms with Gasteiger partial charge in [-0.3, -0.25) is 0 Å². The number of hydrogen-bond acceptors (Lipinski definition) is 3. The van der Waals surface area contributed by atoms with Crippen LogP contribution in [0.15, 0.2) is 30.7 Å². The van der Waals surface area contributed by atoms with Crippen LogP contribution in [-0.2, 0) is 6.18 Å². The molecule has 0 saturated carbocycles. The second kappa shape index (κ2) is 6.31. The minimum Gasteiger partial charge on any atom is -0.388 e. The number of rotatable bonds is 4. The molecule has 2 rings (SSSR count). The van der Waals surface area contributed by atoms with E-state index in [2.05, 4.69) is 30.9 Å². The van der Waals surface area contributed by atoms with Gasteiger partial charge in [0.25, 0.3) is 0 Å². The van der Waals surface area contributed by atoms with E-state index in [4.69, 9.17) is 0 Å². The summed E-state index contributed by atoms with van der Waals surface area (Å²) in [6.07, 6.45) is 0.234. The minimum absolute atomic E-state index is 0.117. The quantitative estimate of drug-likeness (QED) is 0.918. The van der Waals surface area contributed by atoms with Crippen LogP contribution < -0.4 is 0 Å². The maximum atomic E-state index is 12.5. The van der Waals surface area contributed by atoms with Gasteiger partial charge in [-0.15, -0.1) is 0 Å². The first-order chi connectivity index (χ1) is 10.6. The van der Waals surface area contributed by atoms with E-state index in [0.717, 1.165) is 18.7 Å². The Balaban J connectivity index is 2.10. The van der Waals surface area contributed by atoms with Gasteiger partial charge in [-0.1, -0.05) is 20.8 Å². The molecule has 7 heteroatoms. The van der Waals surface area contributed by atoms with E-state index < -0.39 is 17.8 Å². The summed E-state index contributed by atoms with van der Waals surface area (Å²) in [6, 6.07) is 2.21. The molecule has 0 amide bonds. The van der Waals surface area contributed by atoms with Crippen LogP contribution in [0.4, 0.5) is 13.2 Å². The third-order valence-electron chi connectivity index (χ3n) is 3.47. The molecule has 0 aliphatic carbocycles. The van der Waals surface area contributed by atoms with Crippen LogP contribution >= 0.6 is 0 Å². The molecule has 2 aromatic heterocycles. The Morgan fingerprint density at radius 3 is 2.39 bits per heavy atom. The van der Waals surface area contributed by atoms with Crippen molar-refractivity contribution in [2.75, 3.05) is 0 Å². The molecule has 1 unspecified atom stereocenters. The van der Waals surface area contributed by atoms with Crippen molar-refractivity contribution in [2.24, 2.45) is 5.41 Å². The minimum atomic E-state index is -4.41. The normalized spacial score (nSPS) is 14.0. The predicted octanol–water partition coefficient (Wildman–Crippen LogP) is 4.15. The molecule has 0 bridgehead atoms. The SMILES string of the molecule is CC(C)(C)CCC(O)c1cnn(-c2ccc(C(F)(F)F)cn2)c1. The lowest BCUT2D eigenvalue weighted by Crippen LogP contribution is -2.08. The van der Waals surface area contributed by atoms with Crippen molar-refractivity contribution in [2.45, 2.75) is 45.9 Å². The fourth-order valence-electron chi connectivity index (χ4n) is 2.06. The summed E-state index contributed by atoms with van der Waals surface area (Å²) in [5, 5.41) is 14.2. The lowest BCUT2D eigenvalue weighted by atomic mass is 9.88. The Bertz CT molecular complexity index is 642. The Labute approximate surface area is 133 Å². The van der Waals surface area contributed by atoms with Crippen molar-refractivity contribution in [3.05, 3.63) is 41.9 Å². The molecule has 0 radical (unpaired) electrons. The maximum Gasteiger partial charge on any atom is 0.417 e. The molecular weight excluding hydrogens is 307 g/mol. The van der Waals surface area contributed by atoms with Gasteiger partial charge in [0, 0.05) is 18.0 Å². The zero-order valence-electron chi connectivity index (χ0n) is 13.3. The summed E-state index contributed by atoms with van der Waals surface area (Å²) in [4.78, 5) is 3.77. The van der Waals surface area contributed by atoms with Gasteiger partial charge in [-0.05, 0) is 30.4 Å². The average molecular weight is 327 g/mol. The molecule has 0 aromatic carbocycles. The predicted molar refractivity (Wildman–Crippen MR) is 80.0 cm³/mol. The molecule has 0 saturated heterocycles. The van der Waals surface area contributed by atoms with E-state index in [0.29, 0.717) is 12.0 Å². The molecule has 23 heavy (non-hydrogen) atoms. The van der Waals surface area contributed by atoms with Crippen molar-refractivity contribution in [1.29, 1.82) is 0 Å². The smallest absolute Gasteiger partial charge is 0.388 e. The van der Waals surface area contributed by atoms with Crippen molar-refractivity contribution in [3.8, 4) is 5.82 Å². The third-order valence-corrected chi connectivity index (χ3v) is 3.47. The number of hydrogen-bond donors (Lipinski definition) is 1. The fourth-order valence-corrected chi connectivity index (χ4v) is 2.06. The summed E-state index contributed by atoms with van der Waals surface area (Å²) < 4.78 is 38.9. The summed E-state index contributed by atoms with van der Waals surface area (Å²) in [6.45, 7) is 6.28. The van der Waals surface area contributed by atoms with Gasteiger partial charge in [0.1, 0.15) is 0 Å². The maximum absolute atomic E-state index is 12.5. The van der Waals surface area contributed by atoms with Crippen molar-refractivity contribution in [1.82, 2.24) is 14.8 Å². The lowest BCUT2D eigenvalue weighted by Gasteiger charge is -2.19. The van der Waals surface area contributed by atoms with Gasteiger partial charge in [-0.2, -0.15) is 18.3 Å². The number of pyridine rings is 1. The topological polar surface area (TPSA) is 50.9 Å². The molecule has 4 nitrogen and oxygen atoms in total. The molecule has 1 atom stereocenters. The van der Waals surface area contributed by atoms with Crippen LogP contribution in [0.2, 0.25) is 0 Å². The van der Waals surface area contributed by atoms with Crippen molar-refractivity contribution >= 4 is 0 Å². The molecule has 0 spiro atoms. The Kier molecular flexibility index (Phi) is 4.79. The van der Waals surface area contributed by atoms with Crippen LogP contribution in [-0.4, -0.2) is 19.9 Å². The molecule has 0 fully saturated rings. The zero-order valence-corrected chi connectivity index (χ0v) is 13.3. The first kappa shape index (κ1) is 17.5. The molecule has 0 aliphatic rings. The van der Waals surface area contributed by atoms with Gasteiger partial charge in [-0.25, -0.2) is 9.67 Å².